The van der Waals surface area contributed by atoms with Crippen molar-refractivity contribution in [2.45, 2.75) is 6.54 Å². The van der Waals surface area contributed by atoms with E-state index in [0.29, 0.717) is 0 Å². The highest BCUT2D eigenvalue weighted by Gasteiger charge is 2.04. The zero-order valence-electron chi connectivity index (χ0n) is 10.2. The Hall–Kier alpha value is -2.20. The molecule has 4 nitrogen and oxygen atoms in total. The first kappa shape index (κ1) is 10.9. The quantitative estimate of drug-likeness (QED) is 0.760. The maximum absolute atomic E-state index is 4.44. The number of nitrogens with zero attached hydrogens (tertiary/aromatic N) is 3. The van der Waals surface area contributed by atoms with E-state index in [0.717, 1.165) is 28.8 Å². The van der Waals surface area contributed by atoms with E-state index in [4.69, 9.17) is 0 Å². The molecule has 3 aromatic rings. The van der Waals surface area contributed by atoms with E-state index in [9.17, 15) is 0 Å². The van der Waals surface area contributed by atoms with Crippen LogP contribution in [-0.4, -0.2) is 21.8 Å². The molecule has 0 fully saturated rings. The van der Waals surface area contributed by atoms with Crippen molar-refractivity contribution >= 4 is 10.9 Å². The number of nitrogens with one attached hydrogen (secondary N) is 1. The number of aromatic nitrogens is 3. The molecule has 0 aliphatic carbocycles. The highest BCUT2D eigenvalue weighted by atomic mass is 15.3. The molecule has 0 aliphatic rings. The van der Waals surface area contributed by atoms with Crippen LogP contribution < -0.4 is 5.32 Å². The summed E-state index contributed by atoms with van der Waals surface area (Å²) in [5.41, 5.74) is 3.16. The van der Waals surface area contributed by atoms with E-state index in [1.165, 1.54) is 0 Å². The van der Waals surface area contributed by atoms with Gasteiger partial charge in [-0.25, -0.2) is 4.68 Å². The number of rotatable bonds is 3. The molecule has 0 saturated carbocycles. The van der Waals surface area contributed by atoms with Crippen molar-refractivity contribution in [3.8, 4) is 5.69 Å². The van der Waals surface area contributed by atoms with Crippen LogP contribution in [0.5, 0.6) is 0 Å². The molecule has 18 heavy (non-hydrogen) atoms. The van der Waals surface area contributed by atoms with Crippen LogP contribution in [0.4, 0.5) is 0 Å². The van der Waals surface area contributed by atoms with Crippen molar-refractivity contribution in [1.29, 1.82) is 0 Å². The highest BCUT2D eigenvalue weighted by Crippen LogP contribution is 2.17. The summed E-state index contributed by atoms with van der Waals surface area (Å²) in [6.45, 7) is 0.757. The average Bonchev–Trinajstić information content (AvgIpc) is 2.83. The van der Waals surface area contributed by atoms with E-state index in [1.54, 1.807) is 0 Å². The summed E-state index contributed by atoms with van der Waals surface area (Å²) in [5.74, 6) is 0. The van der Waals surface area contributed by atoms with Gasteiger partial charge < -0.3 is 5.32 Å². The third-order valence-corrected chi connectivity index (χ3v) is 2.88. The van der Waals surface area contributed by atoms with Gasteiger partial charge in [0.1, 0.15) is 0 Å². The summed E-state index contributed by atoms with van der Waals surface area (Å²) in [7, 11) is 1.91. The Bertz CT molecular complexity index is 672. The largest absolute Gasteiger partial charge is 0.314 e. The number of fused-ring (bicyclic) bond motifs is 1. The second-order valence-corrected chi connectivity index (χ2v) is 4.15. The molecule has 0 bridgehead atoms. The highest BCUT2D eigenvalue weighted by molar-refractivity contribution is 5.80. The molecule has 0 spiro atoms. The molecule has 2 heterocycles. The predicted molar refractivity (Wildman–Crippen MR) is 71.6 cm³/mol. The van der Waals surface area contributed by atoms with Crippen LogP contribution in [0.25, 0.3) is 16.6 Å². The molecule has 90 valence electrons. The molecule has 2 aromatic heterocycles. The van der Waals surface area contributed by atoms with Crippen molar-refractivity contribution in [3.63, 3.8) is 0 Å². The summed E-state index contributed by atoms with van der Waals surface area (Å²) in [6.07, 6.45) is 3.70. The number of benzene rings is 1. The van der Waals surface area contributed by atoms with Crippen LogP contribution in [0.15, 0.2) is 48.8 Å². The van der Waals surface area contributed by atoms with Crippen LogP contribution in [0.2, 0.25) is 0 Å². The fraction of sp³-hybridized carbons (Fsp3) is 0.143. The first-order chi connectivity index (χ1) is 8.88. The average molecular weight is 238 g/mol. The van der Waals surface area contributed by atoms with E-state index in [-0.39, 0.29) is 0 Å². The zero-order chi connectivity index (χ0) is 12.4. The molecule has 0 aliphatic heterocycles. The Labute approximate surface area is 105 Å². The molecule has 0 radical (unpaired) electrons. The van der Waals surface area contributed by atoms with Crippen molar-refractivity contribution in [1.82, 2.24) is 20.1 Å². The lowest BCUT2D eigenvalue weighted by Crippen LogP contribution is -2.07. The van der Waals surface area contributed by atoms with Gasteiger partial charge in [-0.2, -0.15) is 5.10 Å². The number of hydrogen-bond acceptors (Lipinski definition) is 3. The number of hydrogen-bond donors (Lipinski definition) is 1. The molecular weight excluding hydrogens is 224 g/mol. The minimum Gasteiger partial charge on any atom is -0.314 e. The van der Waals surface area contributed by atoms with Gasteiger partial charge in [0.05, 0.1) is 23.1 Å². The molecule has 3 rings (SSSR count). The van der Waals surface area contributed by atoms with Gasteiger partial charge in [0.25, 0.3) is 0 Å². The molecule has 1 aromatic carbocycles. The summed E-state index contributed by atoms with van der Waals surface area (Å²) < 4.78 is 1.94. The summed E-state index contributed by atoms with van der Waals surface area (Å²) in [6, 6.07) is 12.2. The number of para-hydroxylation sites is 1. The van der Waals surface area contributed by atoms with Crippen molar-refractivity contribution in [2.75, 3.05) is 7.05 Å². The van der Waals surface area contributed by atoms with E-state index >= 15 is 0 Å². The Morgan fingerprint density at radius 3 is 3.00 bits per heavy atom. The van der Waals surface area contributed by atoms with Crippen molar-refractivity contribution in [3.05, 3.63) is 54.5 Å². The van der Waals surface area contributed by atoms with Gasteiger partial charge in [-0.15, -0.1) is 0 Å². The van der Waals surface area contributed by atoms with Crippen LogP contribution in [0.3, 0.4) is 0 Å². The Morgan fingerprint density at radius 2 is 2.11 bits per heavy atom. The lowest BCUT2D eigenvalue weighted by atomic mass is 10.2. The van der Waals surface area contributed by atoms with Gasteiger partial charge in [-0.1, -0.05) is 18.2 Å². The third kappa shape index (κ3) is 1.87. The summed E-state index contributed by atoms with van der Waals surface area (Å²) in [4.78, 5) is 4.32. The van der Waals surface area contributed by atoms with Crippen molar-refractivity contribution in [2.24, 2.45) is 0 Å². The normalized spacial score (nSPS) is 10.9. The predicted octanol–water partition coefficient (Wildman–Crippen LogP) is 2.14. The van der Waals surface area contributed by atoms with Gasteiger partial charge in [0.15, 0.2) is 0 Å². The maximum Gasteiger partial charge on any atom is 0.0741 e. The van der Waals surface area contributed by atoms with E-state index in [2.05, 4.69) is 33.6 Å². The minimum atomic E-state index is 0.757. The van der Waals surface area contributed by atoms with Gasteiger partial charge in [-0.05, 0) is 25.2 Å². The SMILES string of the molecule is CNCc1cc(-n2ncc3ccccc32)ccn1. The summed E-state index contributed by atoms with van der Waals surface area (Å²) in [5, 5.41) is 8.68. The molecule has 0 atom stereocenters. The second-order valence-electron chi connectivity index (χ2n) is 4.15. The van der Waals surface area contributed by atoms with Gasteiger partial charge in [0.2, 0.25) is 0 Å². The lowest BCUT2D eigenvalue weighted by molar-refractivity contribution is 0.786. The zero-order valence-corrected chi connectivity index (χ0v) is 10.2. The standard InChI is InChI=1S/C14H14N4/c1-15-10-12-8-13(6-7-16-12)18-14-5-3-2-4-11(14)9-17-18/h2-9,15H,10H2,1H3. The Kier molecular flexibility index (Phi) is 2.78. The number of pyridine rings is 1. The smallest absolute Gasteiger partial charge is 0.0741 e. The molecule has 0 unspecified atom stereocenters. The first-order valence-corrected chi connectivity index (χ1v) is 5.91. The van der Waals surface area contributed by atoms with Gasteiger partial charge >= 0.3 is 0 Å². The first-order valence-electron chi connectivity index (χ1n) is 5.91. The fourth-order valence-corrected chi connectivity index (χ4v) is 2.05. The maximum atomic E-state index is 4.44. The van der Waals surface area contributed by atoms with Gasteiger partial charge in [0, 0.05) is 18.1 Å². The molecule has 0 amide bonds. The second kappa shape index (κ2) is 4.58. The minimum absolute atomic E-state index is 0.757. The molecule has 0 saturated heterocycles. The van der Waals surface area contributed by atoms with E-state index in [1.807, 2.05) is 42.3 Å². The topological polar surface area (TPSA) is 42.7 Å². The summed E-state index contributed by atoms with van der Waals surface area (Å²) >= 11 is 0. The third-order valence-electron chi connectivity index (χ3n) is 2.88. The van der Waals surface area contributed by atoms with E-state index < -0.39 is 0 Å². The Balaban J connectivity index is 2.11. The Morgan fingerprint density at radius 1 is 1.22 bits per heavy atom. The lowest BCUT2D eigenvalue weighted by Gasteiger charge is -2.05. The monoisotopic (exact) mass is 238 g/mol. The van der Waals surface area contributed by atoms with Crippen LogP contribution in [0.1, 0.15) is 5.69 Å². The molecule has 4 heteroatoms. The molecular formula is C14H14N4. The van der Waals surface area contributed by atoms with Crippen LogP contribution in [0, 0.1) is 0 Å². The van der Waals surface area contributed by atoms with Crippen LogP contribution >= 0.6 is 0 Å². The molecule has 1 N–H and O–H groups in total. The van der Waals surface area contributed by atoms with Gasteiger partial charge in [-0.3, -0.25) is 4.98 Å². The fourth-order valence-electron chi connectivity index (χ4n) is 2.05. The van der Waals surface area contributed by atoms with Crippen molar-refractivity contribution < 1.29 is 0 Å². The van der Waals surface area contributed by atoms with Crippen LogP contribution in [-0.2, 0) is 6.54 Å².